The third-order valence-corrected chi connectivity index (χ3v) is 2.00. The minimum absolute atomic E-state index is 0.469. The van der Waals surface area contributed by atoms with Gasteiger partial charge in [-0.05, 0) is 26.0 Å². The number of aromatic nitrogens is 1. The van der Waals surface area contributed by atoms with Gasteiger partial charge in [0.25, 0.3) is 0 Å². The number of carbonyl (C=O) groups is 1. The van der Waals surface area contributed by atoms with E-state index in [9.17, 15) is 4.79 Å². The van der Waals surface area contributed by atoms with Crippen LogP contribution >= 0.6 is 11.6 Å². The van der Waals surface area contributed by atoms with Crippen molar-refractivity contribution in [2.45, 2.75) is 25.9 Å². The largest absolute Gasteiger partial charge is 0.443 e. The van der Waals surface area contributed by atoms with E-state index in [4.69, 9.17) is 22.1 Å². The Morgan fingerprint density at radius 2 is 2.33 bits per heavy atom. The maximum absolute atomic E-state index is 10.6. The Morgan fingerprint density at radius 3 is 2.87 bits per heavy atom. The van der Waals surface area contributed by atoms with Crippen LogP contribution in [0.5, 0.6) is 0 Å². The molecule has 0 aromatic carbocycles. The van der Waals surface area contributed by atoms with E-state index in [1.807, 2.05) is 0 Å². The molecule has 82 valence electrons. The number of hydrogen-bond donors (Lipinski definition) is 1. The van der Waals surface area contributed by atoms with E-state index >= 15 is 0 Å². The Balaban J connectivity index is 2.72. The van der Waals surface area contributed by atoms with Crippen molar-refractivity contribution in [3.05, 3.63) is 29.0 Å². The van der Waals surface area contributed by atoms with E-state index in [1.54, 1.807) is 32.2 Å². The zero-order chi connectivity index (χ0) is 11.5. The molecule has 15 heavy (non-hydrogen) atoms. The van der Waals surface area contributed by atoms with Crippen LogP contribution in [-0.4, -0.2) is 16.7 Å². The molecule has 5 heteroatoms. The lowest BCUT2D eigenvalue weighted by Gasteiger charge is -2.23. The molecule has 0 radical (unpaired) electrons. The van der Waals surface area contributed by atoms with Crippen LogP contribution in [0.4, 0.5) is 4.79 Å². The molecule has 1 aromatic heterocycles. The van der Waals surface area contributed by atoms with Crippen molar-refractivity contribution in [2.75, 3.05) is 0 Å². The van der Waals surface area contributed by atoms with Crippen LogP contribution < -0.4 is 5.73 Å². The van der Waals surface area contributed by atoms with Gasteiger partial charge in [0.15, 0.2) is 0 Å². The number of primary amides is 1. The minimum atomic E-state index is -0.790. The summed E-state index contributed by atoms with van der Waals surface area (Å²) in [5.41, 5.74) is 5.04. The van der Waals surface area contributed by atoms with Gasteiger partial charge in [0.2, 0.25) is 0 Å². The van der Waals surface area contributed by atoms with Gasteiger partial charge in [-0.3, -0.25) is 4.98 Å². The Labute approximate surface area is 93.4 Å². The number of carbonyl (C=O) groups excluding carboxylic acids is 1. The summed E-state index contributed by atoms with van der Waals surface area (Å²) in [7, 11) is 0. The molecule has 2 N–H and O–H groups in total. The first-order valence-corrected chi connectivity index (χ1v) is 4.86. The molecule has 4 nitrogen and oxygen atoms in total. The normalized spacial score (nSPS) is 11.1. The Kier molecular flexibility index (Phi) is 3.52. The number of nitrogens with zero attached hydrogens (tertiary/aromatic N) is 1. The van der Waals surface area contributed by atoms with E-state index < -0.39 is 11.7 Å². The van der Waals surface area contributed by atoms with Crippen LogP contribution in [0.3, 0.4) is 0 Å². The molecule has 0 atom stereocenters. The molecule has 0 bridgehead atoms. The first-order valence-electron chi connectivity index (χ1n) is 4.48. The second kappa shape index (κ2) is 4.49. The van der Waals surface area contributed by atoms with Crippen LogP contribution in [0.15, 0.2) is 18.3 Å². The summed E-state index contributed by atoms with van der Waals surface area (Å²) in [5, 5.41) is 0.606. The molecular weight excluding hydrogens is 216 g/mol. The van der Waals surface area contributed by atoms with Crippen LogP contribution in [-0.2, 0) is 11.2 Å². The van der Waals surface area contributed by atoms with Gasteiger partial charge in [-0.25, -0.2) is 4.79 Å². The molecule has 0 saturated heterocycles. The fourth-order valence-electron chi connectivity index (χ4n) is 1.29. The van der Waals surface area contributed by atoms with Crippen molar-refractivity contribution in [1.29, 1.82) is 0 Å². The van der Waals surface area contributed by atoms with Crippen molar-refractivity contribution in [3.63, 3.8) is 0 Å². The molecule has 0 unspecified atom stereocenters. The maximum Gasteiger partial charge on any atom is 0.405 e. The molecule has 0 spiro atoms. The van der Waals surface area contributed by atoms with Crippen molar-refractivity contribution < 1.29 is 9.53 Å². The number of pyridine rings is 1. The quantitative estimate of drug-likeness (QED) is 0.862. The predicted octanol–water partition coefficient (Wildman–Crippen LogP) is 2.15. The molecule has 0 aliphatic carbocycles. The smallest absolute Gasteiger partial charge is 0.405 e. The summed E-state index contributed by atoms with van der Waals surface area (Å²) in [6, 6.07) is 3.42. The van der Waals surface area contributed by atoms with E-state index in [0.29, 0.717) is 11.4 Å². The summed E-state index contributed by atoms with van der Waals surface area (Å²) >= 11 is 5.81. The summed E-state index contributed by atoms with van der Waals surface area (Å²) < 4.78 is 4.94. The molecule has 1 aromatic rings. The lowest BCUT2D eigenvalue weighted by molar-refractivity contribution is 0.0453. The molecule has 0 aliphatic rings. The standard InChI is InChI=1S/C10H13ClN2O2/c1-10(2,15-9(12)14)6-8-5-7(11)3-4-13-8/h3-5H,6H2,1-2H3,(H2,12,14). The van der Waals surface area contributed by atoms with Gasteiger partial charge in [0, 0.05) is 23.3 Å². The third-order valence-electron chi connectivity index (χ3n) is 1.76. The number of rotatable bonds is 3. The summed E-state index contributed by atoms with van der Waals surface area (Å²) in [6.45, 7) is 3.53. The Hall–Kier alpha value is -1.29. The molecule has 1 heterocycles. The molecule has 1 rings (SSSR count). The highest BCUT2D eigenvalue weighted by Crippen LogP contribution is 2.17. The second-order valence-electron chi connectivity index (χ2n) is 3.82. The first kappa shape index (κ1) is 11.8. The van der Waals surface area contributed by atoms with Crippen molar-refractivity contribution in [3.8, 4) is 0 Å². The summed E-state index contributed by atoms with van der Waals surface area (Å²) in [5.74, 6) is 0. The van der Waals surface area contributed by atoms with Crippen LogP contribution in [0.1, 0.15) is 19.5 Å². The Bertz CT molecular complexity index is 366. The number of halogens is 1. The third kappa shape index (κ3) is 4.16. The maximum atomic E-state index is 10.6. The monoisotopic (exact) mass is 228 g/mol. The van der Waals surface area contributed by atoms with E-state index in [1.165, 1.54) is 0 Å². The van der Waals surface area contributed by atoms with Gasteiger partial charge < -0.3 is 10.5 Å². The number of ether oxygens (including phenoxy) is 1. The average molecular weight is 229 g/mol. The van der Waals surface area contributed by atoms with Crippen molar-refractivity contribution in [1.82, 2.24) is 4.98 Å². The van der Waals surface area contributed by atoms with Gasteiger partial charge >= 0.3 is 6.09 Å². The second-order valence-corrected chi connectivity index (χ2v) is 4.26. The minimum Gasteiger partial charge on any atom is -0.443 e. The Morgan fingerprint density at radius 1 is 1.67 bits per heavy atom. The summed E-state index contributed by atoms with van der Waals surface area (Å²) in [4.78, 5) is 14.7. The lowest BCUT2D eigenvalue weighted by atomic mass is 10.0. The zero-order valence-electron chi connectivity index (χ0n) is 8.66. The van der Waals surface area contributed by atoms with Gasteiger partial charge in [0.1, 0.15) is 5.60 Å². The molecule has 0 aliphatic heterocycles. The van der Waals surface area contributed by atoms with Crippen LogP contribution in [0.25, 0.3) is 0 Å². The van der Waals surface area contributed by atoms with Crippen molar-refractivity contribution in [2.24, 2.45) is 5.73 Å². The molecule has 1 amide bonds. The number of amides is 1. The van der Waals surface area contributed by atoms with Gasteiger partial charge in [-0.2, -0.15) is 0 Å². The van der Waals surface area contributed by atoms with E-state index in [-0.39, 0.29) is 0 Å². The fraction of sp³-hybridized carbons (Fsp3) is 0.400. The molecule has 0 fully saturated rings. The SMILES string of the molecule is CC(C)(Cc1cc(Cl)ccn1)OC(N)=O. The first-order chi connectivity index (χ1) is 6.89. The fourth-order valence-corrected chi connectivity index (χ4v) is 1.47. The van der Waals surface area contributed by atoms with Gasteiger partial charge in [-0.15, -0.1) is 0 Å². The topological polar surface area (TPSA) is 65.2 Å². The lowest BCUT2D eigenvalue weighted by Crippen LogP contribution is -2.33. The van der Waals surface area contributed by atoms with Crippen molar-refractivity contribution >= 4 is 17.7 Å². The highest BCUT2D eigenvalue weighted by Gasteiger charge is 2.22. The average Bonchev–Trinajstić information content (AvgIpc) is 1.99. The predicted molar refractivity (Wildman–Crippen MR) is 57.7 cm³/mol. The number of nitrogens with two attached hydrogens (primary N) is 1. The van der Waals surface area contributed by atoms with Crippen LogP contribution in [0, 0.1) is 0 Å². The summed E-state index contributed by atoms with van der Waals surface area (Å²) in [6.07, 6.45) is 1.29. The highest BCUT2D eigenvalue weighted by molar-refractivity contribution is 6.30. The molecule has 0 saturated carbocycles. The van der Waals surface area contributed by atoms with Gasteiger partial charge in [0.05, 0.1) is 0 Å². The highest BCUT2D eigenvalue weighted by atomic mass is 35.5. The van der Waals surface area contributed by atoms with Gasteiger partial charge in [-0.1, -0.05) is 11.6 Å². The van der Waals surface area contributed by atoms with E-state index in [0.717, 1.165) is 5.69 Å². The molecular formula is C10H13ClN2O2. The van der Waals surface area contributed by atoms with Crippen LogP contribution in [0.2, 0.25) is 5.02 Å². The zero-order valence-corrected chi connectivity index (χ0v) is 9.41. The van der Waals surface area contributed by atoms with E-state index in [2.05, 4.69) is 4.98 Å². The number of hydrogen-bond acceptors (Lipinski definition) is 3.